The molecule has 110 valence electrons. The van der Waals surface area contributed by atoms with E-state index in [1.807, 2.05) is 11.9 Å². The first kappa shape index (κ1) is 13.6. The summed E-state index contributed by atoms with van der Waals surface area (Å²) in [6.45, 7) is 3.80. The lowest BCUT2D eigenvalue weighted by Crippen LogP contribution is -2.49. The van der Waals surface area contributed by atoms with E-state index in [0.29, 0.717) is 18.9 Å². The normalized spacial score (nSPS) is 26.5. The molecule has 0 radical (unpaired) electrons. The van der Waals surface area contributed by atoms with E-state index in [1.54, 1.807) is 6.33 Å². The SMILES string of the molecule is CN1CCC(CN(C)C(=O)C2Cc3nc[nH]c3CN2)C1. The average molecular weight is 277 g/mol. The molecule has 20 heavy (non-hydrogen) atoms. The minimum Gasteiger partial charge on any atom is -0.347 e. The van der Waals surface area contributed by atoms with E-state index in [-0.39, 0.29) is 11.9 Å². The maximum atomic E-state index is 12.5. The zero-order valence-corrected chi connectivity index (χ0v) is 12.2. The Morgan fingerprint density at radius 3 is 3.20 bits per heavy atom. The number of carbonyl (C=O) groups excluding carboxylic acids is 1. The molecule has 0 saturated carbocycles. The Bertz CT molecular complexity index is 486. The Labute approximate surface area is 119 Å². The maximum absolute atomic E-state index is 12.5. The monoisotopic (exact) mass is 277 g/mol. The summed E-state index contributed by atoms with van der Waals surface area (Å²) in [5, 5.41) is 3.30. The number of likely N-dealkylation sites (N-methyl/N-ethyl adjacent to an activating group) is 1. The number of H-pyrrole nitrogens is 1. The van der Waals surface area contributed by atoms with E-state index < -0.39 is 0 Å². The molecule has 0 spiro atoms. The van der Waals surface area contributed by atoms with Crippen molar-refractivity contribution < 1.29 is 4.79 Å². The van der Waals surface area contributed by atoms with Gasteiger partial charge in [0.1, 0.15) is 0 Å². The number of nitrogens with zero attached hydrogens (tertiary/aromatic N) is 3. The van der Waals surface area contributed by atoms with Crippen LogP contribution in [0.25, 0.3) is 0 Å². The topological polar surface area (TPSA) is 64.3 Å². The molecule has 6 heteroatoms. The lowest BCUT2D eigenvalue weighted by molar-refractivity contribution is -0.132. The molecular formula is C14H23N5O. The number of fused-ring (bicyclic) bond motifs is 1. The van der Waals surface area contributed by atoms with E-state index in [1.165, 1.54) is 6.42 Å². The smallest absolute Gasteiger partial charge is 0.239 e. The van der Waals surface area contributed by atoms with Crippen LogP contribution < -0.4 is 5.32 Å². The number of imidazole rings is 1. The molecule has 2 aliphatic heterocycles. The quantitative estimate of drug-likeness (QED) is 0.805. The fourth-order valence-corrected chi connectivity index (χ4v) is 3.26. The second kappa shape index (κ2) is 5.54. The van der Waals surface area contributed by atoms with E-state index in [2.05, 4.69) is 27.2 Å². The molecular weight excluding hydrogens is 254 g/mol. The predicted octanol–water partition coefficient (Wildman–Crippen LogP) is -0.166. The number of rotatable bonds is 3. The van der Waals surface area contributed by atoms with Crippen LogP contribution in [-0.4, -0.2) is 65.4 Å². The summed E-state index contributed by atoms with van der Waals surface area (Å²) < 4.78 is 0. The Morgan fingerprint density at radius 2 is 2.45 bits per heavy atom. The Morgan fingerprint density at radius 1 is 1.60 bits per heavy atom. The van der Waals surface area contributed by atoms with Crippen LogP contribution >= 0.6 is 0 Å². The number of carbonyl (C=O) groups is 1. The minimum absolute atomic E-state index is 0.130. The van der Waals surface area contributed by atoms with Gasteiger partial charge >= 0.3 is 0 Å². The highest BCUT2D eigenvalue weighted by Crippen LogP contribution is 2.17. The average Bonchev–Trinajstić information content (AvgIpc) is 3.05. The van der Waals surface area contributed by atoms with Gasteiger partial charge in [-0.05, 0) is 25.9 Å². The van der Waals surface area contributed by atoms with Gasteiger partial charge in [0, 0.05) is 33.1 Å². The van der Waals surface area contributed by atoms with Crippen LogP contribution in [0.1, 0.15) is 17.8 Å². The fourth-order valence-electron chi connectivity index (χ4n) is 3.26. The first-order valence-corrected chi connectivity index (χ1v) is 7.31. The number of aromatic nitrogens is 2. The number of hydrogen-bond acceptors (Lipinski definition) is 4. The summed E-state index contributed by atoms with van der Waals surface area (Å²) in [6.07, 6.45) is 3.58. The van der Waals surface area contributed by atoms with Gasteiger partial charge in [-0.15, -0.1) is 0 Å². The van der Waals surface area contributed by atoms with Crippen molar-refractivity contribution in [3.05, 3.63) is 17.7 Å². The van der Waals surface area contributed by atoms with Gasteiger partial charge in [-0.3, -0.25) is 10.1 Å². The van der Waals surface area contributed by atoms with Crippen LogP contribution in [0.3, 0.4) is 0 Å². The maximum Gasteiger partial charge on any atom is 0.239 e. The molecule has 1 aromatic rings. The van der Waals surface area contributed by atoms with Crippen molar-refractivity contribution >= 4 is 5.91 Å². The highest BCUT2D eigenvalue weighted by atomic mass is 16.2. The van der Waals surface area contributed by atoms with Crippen LogP contribution in [0.15, 0.2) is 6.33 Å². The van der Waals surface area contributed by atoms with E-state index in [0.717, 1.165) is 31.0 Å². The van der Waals surface area contributed by atoms with Crippen LogP contribution in [0, 0.1) is 5.92 Å². The molecule has 0 aliphatic carbocycles. The Kier molecular flexibility index (Phi) is 3.76. The van der Waals surface area contributed by atoms with Crippen molar-refractivity contribution in [2.24, 2.45) is 5.92 Å². The Balaban J connectivity index is 1.56. The van der Waals surface area contributed by atoms with Gasteiger partial charge in [-0.25, -0.2) is 4.98 Å². The first-order valence-electron chi connectivity index (χ1n) is 7.31. The second-order valence-corrected chi connectivity index (χ2v) is 6.10. The molecule has 0 aromatic carbocycles. The number of nitrogens with one attached hydrogen (secondary N) is 2. The largest absolute Gasteiger partial charge is 0.347 e. The molecule has 2 aliphatic rings. The number of likely N-dealkylation sites (tertiary alicyclic amines) is 1. The summed E-state index contributed by atoms with van der Waals surface area (Å²) in [7, 11) is 4.06. The molecule has 1 amide bonds. The molecule has 1 aromatic heterocycles. The van der Waals surface area contributed by atoms with Gasteiger partial charge in [0.2, 0.25) is 5.91 Å². The minimum atomic E-state index is -0.130. The zero-order valence-electron chi connectivity index (χ0n) is 12.2. The van der Waals surface area contributed by atoms with Crippen LogP contribution in [0.2, 0.25) is 0 Å². The van der Waals surface area contributed by atoms with Crippen molar-refractivity contribution in [1.29, 1.82) is 0 Å². The van der Waals surface area contributed by atoms with Crippen molar-refractivity contribution in [1.82, 2.24) is 25.1 Å². The first-order chi connectivity index (χ1) is 9.63. The molecule has 3 rings (SSSR count). The number of aromatic amines is 1. The Hall–Kier alpha value is -1.40. The van der Waals surface area contributed by atoms with Crippen molar-refractivity contribution in [3.63, 3.8) is 0 Å². The summed E-state index contributed by atoms with van der Waals surface area (Å²) >= 11 is 0. The highest BCUT2D eigenvalue weighted by molar-refractivity contribution is 5.82. The lowest BCUT2D eigenvalue weighted by Gasteiger charge is -2.28. The van der Waals surface area contributed by atoms with Crippen molar-refractivity contribution in [2.75, 3.05) is 33.7 Å². The summed E-state index contributed by atoms with van der Waals surface area (Å²) in [5.41, 5.74) is 2.13. The van der Waals surface area contributed by atoms with Gasteiger partial charge in [0.25, 0.3) is 0 Å². The summed E-state index contributed by atoms with van der Waals surface area (Å²) in [5.74, 6) is 0.798. The third-order valence-corrected chi connectivity index (χ3v) is 4.43. The van der Waals surface area contributed by atoms with Gasteiger partial charge in [0.05, 0.1) is 23.8 Å². The summed E-state index contributed by atoms with van der Waals surface area (Å²) in [6, 6.07) is -0.130. The molecule has 2 N–H and O–H groups in total. The zero-order chi connectivity index (χ0) is 14.1. The van der Waals surface area contributed by atoms with Gasteiger partial charge in [0.15, 0.2) is 0 Å². The number of hydrogen-bond donors (Lipinski definition) is 2. The highest BCUT2D eigenvalue weighted by Gasteiger charge is 2.29. The second-order valence-electron chi connectivity index (χ2n) is 6.10. The number of amides is 1. The predicted molar refractivity (Wildman–Crippen MR) is 76.2 cm³/mol. The standard InChI is InChI=1S/C14H23N5O/c1-18-4-3-10(7-18)8-19(2)14(20)12-5-11-13(6-15-12)17-9-16-11/h9-10,12,15H,3-8H2,1-2H3,(H,16,17). The van der Waals surface area contributed by atoms with Gasteiger partial charge in [-0.2, -0.15) is 0 Å². The molecule has 3 heterocycles. The van der Waals surface area contributed by atoms with Gasteiger partial charge in [-0.1, -0.05) is 0 Å². The van der Waals surface area contributed by atoms with E-state index in [9.17, 15) is 4.79 Å². The van der Waals surface area contributed by atoms with Crippen LogP contribution in [0.4, 0.5) is 0 Å². The molecule has 6 nitrogen and oxygen atoms in total. The fraction of sp³-hybridized carbons (Fsp3) is 0.714. The third-order valence-electron chi connectivity index (χ3n) is 4.43. The summed E-state index contributed by atoms with van der Waals surface area (Å²) in [4.78, 5) is 24.1. The molecule has 1 saturated heterocycles. The van der Waals surface area contributed by atoms with Gasteiger partial charge < -0.3 is 14.8 Å². The van der Waals surface area contributed by atoms with Crippen LogP contribution in [0.5, 0.6) is 0 Å². The van der Waals surface area contributed by atoms with Crippen molar-refractivity contribution in [2.45, 2.75) is 25.4 Å². The van der Waals surface area contributed by atoms with E-state index in [4.69, 9.17) is 0 Å². The van der Waals surface area contributed by atoms with E-state index >= 15 is 0 Å². The molecule has 0 bridgehead atoms. The third kappa shape index (κ3) is 2.71. The molecule has 1 fully saturated rings. The lowest BCUT2D eigenvalue weighted by atomic mass is 10.0. The van der Waals surface area contributed by atoms with Crippen molar-refractivity contribution in [3.8, 4) is 0 Å². The van der Waals surface area contributed by atoms with Crippen LogP contribution in [-0.2, 0) is 17.8 Å². The molecule has 2 atom stereocenters. The molecule has 2 unspecified atom stereocenters.